The number of hydrogen-bond donors (Lipinski definition) is 2. The molecule has 0 radical (unpaired) electrons. The molecule has 0 aliphatic rings. The monoisotopic (exact) mass is 335 g/mol. The van der Waals surface area contributed by atoms with Crippen molar-refractivity contribution in [2.75, 3.05) is 0 Å². The van der Waals surface area contributed by atoms with Gasteiger partial charge in [-0.3, -0.25) is 4.79 Å². The van der Waals surface area contributed by atoms with Gasteiger partial charge in [0.2, 0.25) is 5.91 Å². The zero-order valence-electron chi connectivity index (χ0n) is 14.1. The van der Waals surface area contributed by atoms with Crippen LogP contribution in [0.1, 0.15) is 30.8 Å². The van der Waals surface area contributed by atoms with Crippen LogP contribution in [-0.2, 0) is 4.79 Å². The summed E-state index contributed by atoms with van der Waals surface area (Å²) in [5.41, 5.74) is 1.64. The number of carbonyl (C=O) groups excluding carboxylic acids is 1. The van der Waals surface area contributed by atoms with Gasteiger partial charge in [0.1, 0.15) is 11.3 Å². The topological polar surface area (TPSA) is 62.5 Å². The summed E-state index contributed by atoms with van der Waals surface area (Å²) in [6.45, 7) is 1.87. The first-order valence-electron chi connectivity index (χ1n) is 8.32. The van der Waals surface area contributed by atoms with Gasteiger partial charge in [0.15, 0.2) is 0 Å². The minimum atomic E-state index is -0.601. The Balaban J connectivity index is 1.54. The van der Waals surface area contributed by atoms with Gasteiger partial charge in [-0.1, -0.05) is 48.5 Å². The molecule has 2 aromatic carbocycles. The summed E-state index contributed by atoms with van der Waals surface area (Å²) in [5, 5.41) is 14.1. The van der Waals surface area contributed by atoms with Crippen molar-refractivity contribution in [2.45, 2.75) is 25.5 Å². The number of hydrogen-bond acceptors (Lipinski definition) is 3. The van der Waals surface area contributed by atoms with Crippen LogP contribution in [0, 0.1) is 0 Å². The van der Waals surface area contributed by atoms with Crippen LogP contribution in [0.25, 0.3) is 17.0 Å². The number of nitrogens with one attached hydrogen (secondary N) is 1. The Morgan fingerprint density at radius 1 is 1.16 bits per heavy atom. The zero-order valence-corrected chi connectivity index (χ0v) is 14.1. The second kappa shape index (κ2) is 7.81. The third-order valence-electron chi connectivity index (χ3n) is 3.99. The maximum absolute atomic E-state index is 12.0. The van der Waals surface area contributed by atoms with Gasteiger partial charge in [-0.05, 0) is 37.1 Å². The Hall–Kier alpha value is -2.85. The van der Waals surface area contributed by atoms with Gasteiger partial charge in [-0.25, -0.2) is 0 Å². The molecule has 0 fully saturated rings. The van der Waals surface area contributed by atoms with E-state index < -0.39 is 6.10 Å². The maximum Gasteiger partial charge on any atom is 0.244 e. The molecule has 1 aromatic heterocycles. The maximum atomic E-state index is 12.0. The highest BCUT2D eigenvalue weighted by molar-refractivity contribution is 5.92. The number of aliphatic hydroxyl groups is 1. The lowest BCUT2D eigenvalue weighted by atomic mass is 10.0. The van der Waals surface area contributed by atoms with Crippen molar-refractivity contribution >= 4 is 23.0 Å². The molecule has 0 spiro atoms. The highest BCUT2D eigenvalue weighted by Crippen LogP contribution is 2.20. The average molecular weight is 335 g/mol. The van der Waals surface area contributed by atoms with Crippen molar-refractivity contribution in [3.05, 3.63) is 78.1 Å². The van der Waals surface area contributed by atoms with Crippen LogP contribution in [0.5, 0.6) is 0 Å². The standard InChI is InChI=1S/C21H21NO3/c1-15(13-19(23)16-7-3-2-4-8-16)22-21(24)12-11-18-14-17-9-5-6-10-20(17)25-18/h2-12,14-15,19,23H,13H2,1H3,(H,22,24)/b12-11+. The molecule has 3 rings (SSSR count). The molecule has 0 aliphatic carbocycles. The third-order valence-corrected chi connectivity index (χ3v) is 3.99. The van der Waals surface area contributed by atoms with Gasteiger partial charge in [-0.15, -0.1) is 0 Å². The number of benzene rings is 2. The molecule has 0 saturated heterocycles. The number of fused-ring (bicyclic) bond motifs is 1. The van der Waals surface area contributed by atoms with Crippen LogP contribution >= 0.6 is 0 Å². The molecule has 4 heteroatoms. The quantitative estimate of drug-likeness (QED) is 0.667. The molecule has 0 aliphatic heterocycles. The minimum Gasteiger partial charge on any atom is -0.457 e. The summed E-state index contributed by atoms with van der Waals surface area (Å²) in [5.74, 6) is 0.418. The van der Waals surface area contributed by atoms with E-state index in [1.54, 1.807) is 6.08 Å². The van der Waals surface area contributed by atoms with Gasteiger partial charge in [0, 0.05) is 17.5 Å². The molecule has 2 unspecified atom stereocenters. The van der Waals surface area contributed by atoms with Gasteiger partial charge < -0.3 is 14.8 Å². The lowest BCUT2D eigenvalue weighted by Gasteiger charge is -2.17. The normalized spacial score (nSPS) is 13.8. The van der Waals surface area contributed by atoms with Crippen molar-refractivity contribution in [3.8, 4) is 0 Å². The highest BCUT2D eigenvalue weighted by atomic mass is 16.3. The molecule has 0 saturated carbocycles. The molecular weight excluding hydrogens is 314 g/mol. The molecule has 2 atom stereocenters. The van der Waals surface area contributed by atoms with Crippen molar-refractivity contribution in [1.82, 2.24) is 5.32 Å². The molecule has 2 N–H and O–H groups in total. The summed E-state index contributed by atoms with van der Waals surface area (Å²) in [6.07, 6.45) is 2.95. The first-order chi connectivity index (χ1) is 12.1. The summed E-state index contributed by atoms with van der Waals surface area (Å²) in [6, 6.07) is 18.9. The molecule has 1 heterocycles. The number of carbonyl (C=O) groups is 1. The van der Waals surface area contributed by atoms with Gasteiger partial charge >= 0.3 is 0 Å². The molecule has 25 heavy (non-hydrogen) atoms. The summed E-state index contributed by atoms with van der Waals surface area (Å²) < 4.78 is 5.64. The van der Waals surface area contributed by atoms with Crippen LogP contribution in [0.3, 0.4) is 0 Å². The minimum absolute atomic E-state index is 0.150. The molecule has 1 amide bonds. The van der Waals surface area contributed by atoms with E-state index in [0.717, 1.165) is 16.5 Å². The number of para-hydroxylation sites is 1. The smallest absolute Gasteiger partial charge is 0.244 e. The first-order valence-corrected chi connectivity index (χ1v) is 8.32. The fourth-order valence-electron chi connectivity index (χ4n) is 2.74. The molecule has 3 aromatic rings. The second-order valence-corrected chi connectivity index (χ2v) is 6.09. The number of furan rings is 1. The average Bonchev–Trinajstić information content (AvgIpc) is 3.03. The van der Waals surface area contributed by atoms with E-state index in [1.807, 2.05) is 67.6 Å². The van der Waals surface area contributed by atoms with Gasteiger partial charge in [-0.2, -0.15) is 0 Å². The van der Waals surface area contributed by atoms with Crippen LogP contribution in [0.2, 0.25) is 0 Å². The summed E-state index contributed by atoms with van der Waals surface area (Å²) >= 11 is 0. The number of rotatable bonds is 6. The Kier molecular flexibility index (Phi) is 5.31. The molecule has 4 nitrogen and oxygen atoms in total. The van der Waals surface area contributed by atoms with Gasteiger partial charge in [0.05, 0.1) is 6.10 Å². The van der Waals surface area contributed by atoms with E-state index in [4.69, 9.17) is 4.42 Å². The first kappa shape index (κ1) is 17.0. The van der Waals surface area contributed by atoms with Crippen molar-refractivity contribution < 1.29 is 14.3 Å². The van der Waals surface area contributed by atoms with Crippen LogP contribution in [-0.4, -0.2) is 17.1 Å². The summed E-state index contributed by atoms with van der Waals surface area (Å²) in [4.78, 5) is 12.0. The Morgan fingerprint density at radius 2 is 1.88 bits per heavy atom. The predicted octanol–water partition coefficient (Wildman–Crippen LogP) is 4.07. The molecule has 0 bridgehead atoms. The zero-order chi connectivity index (χ0) is 17.6. The molecule has 128 valence electrons. The lowest BCUT2D eigenvalue weighted by molar-refractivity contribution is -0.117. The Bertz CT molecular complexity index is 834. The van der Waals surface area contributed by atoms with Crippen LogP contribution in [0.4, 0.5) is 0 Å². The van der Waals surface area contributed by atoms with E-state index >= 15 is 0 Å². The van der Waals surface area contributed by atoms with Crippen molar-refractivity contribution in [3.63, 3.8) is 0 Å². The Morgan fingerprint density at radius 3 is 2.64 bits per heavy atom. The number of amides is 1. The fraction of sp³-hybridized carbons (Fsp3) is 0.190. The largest absolute Gasteiger partial charge is 0.457 e. The van der Waals surface area contributed by atoms with Crippen LogP contribution < -0.4 is 5.32 Å². The molecular formula is C21H21NO3. The van der Waals surface area contributed by atoms with Crippen LogP contribution in [0.15, 0.2) is 71.2 Å². The van der Waals surface area contributed by atoms with E-state index in [2.05, 4.69) is 5.32 Å². The number of aliphatic hydroxyl groups excluding tert-OH is 1. The van der Waals surface area contributed by atoms with Crippen molar-refractivity contribution in [1.29, 1.82) is 0 Å². The lowest BCUT2D eigenvalue weighted by Crippen LogP contribution is -2.32. The summed E-state index contributed by atoms with van der Waals surface area (Å²) in [7, 11) is 0. The van der Waals surface area contributed by atoms with E-state index in [-0.39, 0.29) is 11.9 Å². The highest BCUT2D eigenvalue weighted by Gasteiger charge is 2.13. The van der Waals surface area contributed by atoms with Crippen molar-refractivity contribution in [2.24, 2.45) is 0 Å². The Labute approximate surface area is 146 Å². The predicted molar refractivity (Wildman–Crippen MR) is 98.9 cm³/mol. The second-order valence-electron chi connectivity index (χ2n) is 6.09. The van der Waals surface area contributed by atoms with E-state index in [0.29, 0.717) is 12.2 Å². The van der Waals surface area contributed by atoms with Gasteiger partial charge in [0.25, 0.3) is 0 Å². The van der Waals surface area contributed by atoms with E-state index in [1.165, 1.54) is 6.08 Å². The van der Waals surface area contributed by atoms with E-state index in [9.17, 15) is 9.90 Å². The third kappa shape index (κ3) is 4.58. The SMILES string of the molecule is CC(CC(O)c1ccccc1)NC(=O)/C=C/c1cc2ccccc2o1. The fourth-order valence-corrected chi connectivity index (χ4v) is 2.74.